The Bertz CT molecular complexity index is 655. The smallest absolute Gasteiger partial charge is 0.335 e. The van der Waals surface area contributed by atoms with E-state index in [9.17, 15) is 9.90 Å². The third kappa shape index (κ3) is 2.53. The molecule has 0 bridgehead atoms. The zero-order chi connectivity index (χ0) is 14.2. The fraction of sp³-hybridized carbons (Fsp3) is 0.235. The number of rotatable bonds is 2. The molecule has 0 atom stereocenters. The topological polar surface area (TPSA) is 37.3 Å². The second-order valence-corrected chi connectivity index (χ2v) is 5.11. The van der Waals surface area contributed by atoms with Gasteiger partial charge in [-0.25, -0.2) is 4.79 Å². The first-order valence-electron chi connectivity index (χ1n) is 6.32. The Hall–Kier alpha value is -2.09. The highest BCUT2D eigenvalue weighted by atomic mass is 16.4. The van der Waals surface area contributed by atoms with Crippen LogP contribution in [0, 0.1) is 27.7 Å². The van der Waals surface area contributed by atoms with Crippen LogP contribution in [0.4, 0.5) is 0 Å². The lowest BCUT2D eigenvalue weighted by Gasteiger charge is -2.13. The molecule has 0 aliphatic rings. The highest BCUT2D eigenvalue weighted by Gasteiger charge is 2.12. The number of carboxylic acid groups (broad SMARTS) is 1. The molecule has 1 N–H and O–H groups in total. The minimum atomic E-state index is -0.872. The van der Waals surface area contributed by atoms with Crippen molar-refractivity contribution in [2.24, 2.45) is 0 Å². The Morgan fingerprint density at radius 1 is 0.842 bits per heavy atom. The van der Waals surface area contributed by atoms with Gasteiger partial charge in [0.15, 0.2) is 0 Å². The Balaban J connectivity index is 2.68. The van der Waals surface area contributed by atoms with Crippen molar-refractivity contribution in [1.82, 2.24) is 0 Å². The summed E-state index contributed by atoms with van der Waals surface area (Å²) >= 11 is 0. The van der Waals surface area contributed by atoms with E-state index in [0.717, 1.165) is 22.3 Å². The average Bonchev–Trinajstić information content (AvgIpc) is 2.30. The molecule has 2 aromatic carbocycles. The van der Waals surface area contributed by atoms with Gasteiger partial charge in [0.2, 0.25) is 0 Å². The van der Waals surface area contributed by atoms with Crippen molar-refractivity contribution in [3.8, 4) is 11.1 Å². The van der Waals surface area contributed by atoms with Gasteiger partial charge in [-0.2, -0.15) is 0 Å². The van der Waals surface area contributed by atoms with Crippen LogP contribution < -0.4 is 0 Å². The van der Waals surface area contributed by atoms with Gasteiger partial charge >= 0.3 is 5.97 Å². The average molecular weight is 254 g/mol. The number of carbonyl (C=O) groups is 1. The largest absolute Gasteiger partial charge is 0.478 e. The Morgan fingerprint density at radius 2 is 1.47 bits per heavy atom. The van der Waals surface area contributed by atoms with Crippen LogP contribution in [-0.4, -0.2) is 11.1 Å². The number of hydrogen-bond donors (Lipinski definition) is 1. The van der Waals surface area contributed by atoms with Crippen LogP contribution in [0.3, 0.4) is 0 Å². The van der Waals surface area contributed by atoms with E-state index >= 15 is 0 Å². The van der Waals surface area contributed by atoms with Crippen LogP contribution in [0.15, 0.2) is 30.3 Å². The summed E-state index contributed by atoms with van der Waals surface area (Å²) in [6.45, 7) is 7.97. The summed E-state index contributed by atoms with van der Waals surface area (Å²) in [5, 5.41) is 9.24. The summed E-state index contributed by atoms with van der Waals surface area (Å²) in [5.41, 5.74) is 6.77. The number of hydrogen-bond acceptors (Lipinski definition) is 1. The molecule has 2 nitrogen and oxygen atoms in total. The van der Waals surface area contributed by atoms with Crippen LogP contribution in [0.5, 0.6) is 0 Å². The van der Waals surface area contributed by atoms with Crippen LogP contribution >= 0.6 is 0 Å². The summed E-state index contributed by atoms with van der Waals surface area (Å²) in [5.74, 6) is -0.872. The number of carboxylic acids is 1. The van der Waals surface area contributed by atoms with E-state index in [-0.39, 0.29) is 0 Å². The molecule has 0 spiro atoms. The number of benzene rings is 2. The molecule has 2 heteroatoms. The van der Waals surface area contributed by atoms with Crippen LogP contribution in [-0.2, 0) is 0 Å². The standard InChI is InChI=1S/C17H18O2/c1-10-5-6-14(11(2)7-10)15-9-16(17(18)19)13(4)8-12(15)3/h5-9H,1-4H3,(H,18,19). The Kier molecular flexibility index (Phi) is 3.43. The lowest BCUT2D eigenvalue weighted by molar-refractivity contribution is 0.0696. The lowest BCUT2D eigenvalue weighted by atomic mass is 9.92. The molecule has 0 unspecified atom stereocenters. The normalized spacial score (nSPS) is 10.5. The van der Waals surface area contributed by atoms with Crippen molar-refractivity contribution in [2.75, 3.05) is 0 Å². The summed E-state index contributed by atoms with van der Waals surface area (Å²) in [7, 11) is 0. The molecule has 0 radical (unpaired) electrons. The van der Waals surface area contributed by atoms with Crippen LogP contribution in [0.25, 0.3) is 11.1 Å². The van der Waals surface area contributed by atoms with Crippen molar-refractivity contribution in [3.63, 3.8) is 0 Å². The van der Waals surface area contributed by atoms with E-state index < -0.39 is 5.97 Å². The maximum Gasteiger partial charge on any atom is 0.335 e. The van der Waals surface area contributed by atoms with Gasteiger partial charge in [-0.05, 0) is 61.6 Å². The molecule has 2 aromatic rings. The van der Waals surface area contributed by atoms with E-state index in [1.807, 2.05) is 19.9 Å². The fourth-order valence-electron chi connectivity index (χ4n) is 2.49. The van der Waals surface area contributed by atoms with Gasteiger partial charge in [0, 0.05) is 0 Å². The maximum absolute atomic E-state index is 11.3. The van der Waals surface area contributed by atoms with Crippen molar-refractivity contribution >= 4 is 5.97 Å². The van der Waals surface area contributed by atoms with E-state index in [2.05, 4.69) is 32.0 Å². The van der Waals surface area contributed by atoms with Crippen molar-refractivity contribution in [3.05, 3.63) is 58.1 Å². The van der Waals surface area contributed by atoms with Crippen molar-refractivity contribution < 1.29 is 9.90 Å². The third-order valence-electron chi connectivity index (χ3n) is 3.47. The van der Waals surface area contributed by atoms with Crippen LogP contribution in [0.1, 0.15) is 32.6 Å². The molecule has 0 heterocycles. The van der Waals surface area contributed by atoms with E-state index in [0.29, 0.717) is 5.56 Å². The Labute approximate surface area is 113 Å². The molecule has 0 amide bonds. The summed E-state index contributed by atoms with van der Waals surface area (Å²) in [6, 6.07) is 9.97. The first-order chi connectivity index (χ1) is 8.90. The zero-order valence-electron chi connectivity index (χ0n) is 11.7. The SMILES string of the molecule is Cc1ccc(-c2cc(C(=O)O)c(C)cc2C)c(C)c1. The van der Waals surface area contributed by atoms with Gasteiger partial charge < -0.3 is 5.11 Å². The molecule has 2 rings (SSSR count). The molecule has 0 fully saturated rings. The monoisotopic (exact) mass is 254 g/mol. The van der Waals surface area contributed by atoms with Gasteiger partial charge in [-0.15, -0.1) is 0 Å². The van der Waals surface area contributed by atoms with Crippen molar-refractivity contribution in [2.45, 2.75) is 27.7 Å². The van der Waals surface area contributed by atoms with E-state index in [4.69, 9.17) is 0 Å². The summed E-state index contributed by atoms with van der Waals surface area (Å²) in [4.78, 5) is 11.3. The van der Waals surface area contributed by atoms with E-state index in [1.165, 1.54) is 11.1 Å². The molecular weight excluding hydrogens is 236 g/mol. The minimum Gasteiger partial charge on any atom is -0.478 e. The highest BCUT2D eigenvalue weighted by molar-refractivity contribution is 5.92. The predicted molar refractivity (Wildman–Crippen MR) is 77.8 cm³/mol. The number of aryl methyl sites for hydroxylation is 4. The van der Waals surface area contributed by atoms with E-state index in [1.54, 1.807) is 6.07 Å². The first kappa shape index (κ1) is 13.3. The second kappa shape index (κ2) is 4.88. The second-order valence-electron chi connectivity index (χ2n) is 5.11. The Morgan fingerprint density at radius 3 is 2.05 bits per heavy atom. The van der Waals surface area contributed by atoms with Gasteiger partial charge in [0.25, 0.3) is 0 Å². The molecular formula is C17H18O2. The molecule has 0 saturated carbocycles. The number of aromatic carboxylic acids is 1. The van der Waals surface area contributed by atoms with Gasteiger partial charge in [0.1, 0.15) is 0 Å². The quantitative estimate of drug-likeness (QED) is 0.868. The van der Waals surface area contributed by atoms with Crippen LogP contribution in [0.2, 0.25) is 0 Å². The third-order valence-corrected chi connectivity index (χ3v) is 3.47. The minimum absolute atomic E-state index is 0.376. The maximum atomic E-state index is 11.3. The summed E-state index contributed by atoms with van der Waals surface area (Å²) in [6.07, 6.45) is 0. The fourth-order valence-corrected chi connectivity index (χ4v) is 2.49. The molecule has 0 aliphatic heterocycles. The molecule has 0 aliphatic carbocycles. The van der Waals surface area contributed by atoms with Gasteiger partial charge in [-0.3, -0.25) is 0 Å². The van der Waals surface area contributed by atoms with Gasteiger partial charge in [-0.1, -0.05) is 29.8 Å². The highest BCUT2D eigenvalue weighted by Crippen LogP contribution is 2.29. The summed E-state index contributed by atoms with van der Waals surface area (Å²) < 4.78 is 0. The lowest BCUT2D eigenvalue weighted by Crippen LogP contribution is -2.01. The molecule has 0 saturated heterocycles. The van der Waals surface area contributed by atoms with Crippen molar-refractivity contribution in [1.29, 1.82) is 0 Å². The molecule has 19 heavy (non-hydrogen) atoms. The van der Waals surface area contributed by atoms with Gasteiger partial charge in [0.05, 0.1) is 5.56 Å². The first-order valence-corrected chi connectivity index (χ1v) is 6.32. The molecule has 0 aromatic heterocycles. The molecule has 98 valence electrons. The zero-order valence-corrected chi connectivity index (χ0v) is 11.7. The predicted octanol–water partition coefficient (Wildman–Crippen LogP) is 4.29.